The van der Waals surface area contributed by atoms with Gasteiger partial charge in [-0.25, -0.2) is 0 Å². The van der Waals surface area contributed by atoms with Crippen LogP contribution in [0.4, 0.5) is 4.79 Å². The van der Waals surface area contributed by atoms with Crippen LogP contribution in [0.25, 0.3) is 0 Å². The lowest BCUT2D eigenvalue weighted by Gasteiger charge is -2.12. The summed E-state index contributed by atoms with van der Waals surface area (Å²) >= 11 is 6.87. The van der Waals surface area contributed by atoms with E-state index < -0.39 is 0 Å². The molecule has 6 heteroatoms. The van der Waals surface area contributed by atoms with Gasteiger partial charge in [0, 0.05) is 18.1 Å². The fourth-order valence-corrected chi connectivity index (χ4v) is 2.98. The number of hydrogen-bond acceptors (Lipinski definition) is 4. The van der Waals surface area contributed by atoms with Gasteiger partial charge in [-0.05, 0) is 24.1 Å². The summed E-state index contributed by atoms with van der Waals surface area (Å²) in [5, 5.41) is 0.111. The first-order chi connectivity index (χ1) is 8.61. The van der Waals surface area contributed by atoms with E-state index in [1.807, 2.05) is 12.1 Å². The van der Waals surface area contributed by atoms with Crippen molar-refractivity contribution in [2.75, 3.05) is 13.1 Å². The molecule has 96 valence electrons. The van der Waals surface area contributed by atoms with Crippen LogP contribution in [-0.4, -0.2) is 34.4 Å². The number of carbonyl (C=O) groups excluding carboxylic acids is 2. The van der Waals surface area contributed by atoms with Gasteiger partial charge < -0.3 is 5.73 Å². The van der Waals surface area contributed by atoms with Crippen LogP contribution < -0.4 is 5.73 Å². The highest BCUT2D eigenvalue weighted by Crippen LogP contribution is 2.29. The second-order valence-electron chi connectivity index (χ2n) is 3.98. The molecular formula is C12H13ClN2O2S. The van der Waals surface area contributed by atoms with E-state index in [9.17, 15) is 9.59 Å². The van der Waals surface area contributed by atoms with E-state index >= 15 is 0 Å². The second kappa shape index (κ2) is 5.73. The van der Waals surface area contributed by atoms with Crippen molar-refractivity contribution in [1.82, 2.24) is 4.90 Å². The lowest BCUT2D eigenvalue weighted by Crippen LogP contribution is -2.36. The van der Waals surface area contributed by atoms with Crippen molar-refractivity contribution in [1.29, 1.82) is 0 Å². The Bertz CT molecular complexity index is 464. The van der Waals surface area contributed by atoms with Gasteiger partial charge in [0.05, 0.1) is 5.25 Å². The summed E-state index contributed by atoms with van der Waals surface area (Å²) < 4.78 is 0. The number of nitrogens with two attached hydrogens (primary N) is 1. The molecule has 0 radical (unpaired) electrons. The molecule has 1 aromatic rings. The fourth-order valence-electron chi connectivity index (χ4n) is 1.79. The average molecular weight is 285 g/mol. The number of benzene rings is 1. The minimum atomic E-state index is -0.342. The molecule has 18 heavy (non-hydrogen) atoms. The van der Waals surface area contributed by atoms with Crippen molar-refractivity contribution >= 4 is 34.5 Å². The zero-order valence-electron chi connectivity index (χ0n) is 9.64. The van der Waals surface area contributed by atoms with Crippen LogP contribution in [-0.2, 0) is 11.2 Å². The van der Waals surface area contributed by atoms with Gasteiger partial charge in [-0.3, -0.25) is 14.5 Å². The first-order valence-corrected chi connectivity index (χ1v) is 6.84. The van der Waals surface area contributed by atoms with Crippen molar-refractivity contribution in [2.45, 2.75) is 11.7 Å². The zero-order valence-corrected chi connectivity index (χ0v) is 11.2. The number of amides is 2. The predicted molar refractivity (Wildman–Crippen MR) is 72.7 cm³/mol. The monoisotopic (exact) mass is 284 g/mol. The third kappa shape index (κ3) is 2.85. The molecule has 0 unspecified atom stereocenters. The van der Waals surface area contributed by atoms with Crippen molar-refractivity contribution in [3.63, 3.8) is 0 Å². The minimum absolute atomic E-state index is 0.148. The van der Waals surface area contributed by atoms with Crippen LogP contribution in [0.2, 0.25) is 5.02 Å². The lowest BCUT2D eigenvalue weighted by molar-refractivity contribution is -0.126. The molecular weight excluding hydrogens is 272 g/mol. The van der Waals surface area contributed by atoms with Gasteiger partial charge in [-0.1, -0.05) is 35.5 Å². The van der Waals surface area contributed by atoms with E-state index in [1.165, 1.54) is 4.90 Å². The molecule has 2 rings (SSSR count). The summed E-state index contributed by atoms with van der Waals surface area (Å²) in [6.07, 6.45) is 0.535. The van der Waals surface area contributed by atoms with Crippen LogP contribution in [0.15, 0.2) is 24.3 Å². The molecule has 1 atom stereocenters. The summed E-state index contributed by atoms with van der Waals surface area (Å²) in [7, 11) is 0. The molecule has 0 bridgehead atoms. The van der Waals surface area contributed by atoms with E-state index in [2.05, 4.69) is 0 Å². The first-order valence-electron chi connectivity index (χ1n) is 5.58. The summed E-state index contributed by atoms with van der Waals surface area (Å²) in [5.74, 6) is -0.148. The summed E-state index contributed by atoms with van der Waals surface area (Å²) in [4.78, 5) is 24.8. The van der Waals surface area contributed by atoms with Gasteiger partial charge in [-0.15, -0.1) is 0 Å². The number of rotatable bonds is 4. The Balaban J connectivity index is 2.05. The Morgan fingerprint density at radius 1 is 1.28 bits per heavy atom. The highest BCUT2D eigenvalue weighted by atomic mass is 35.5. The molecule has 1 saturated heterocycles. The third-order valence-corrected chi connectivity index (χ3v) is 4.02. The van der Waals surface area contributed by atoms with Gasteiger partial charge in [0.15, 0.2) is 0 Å². The van der Waals surface area contributed by atoms with Crippen LogP contribution in [0.3, 0.4) is 0 Å². The van der Waals surface area contributed by atoms with Gasteiger partial charge in [-0.2, -0.15) is 0 Å². The standard InChI is InChI=1S/C12H13ClN2O2S/c13-9-3-1-8(2-4-9)7-10-11(16)15(6-5-14)12(17)18-10/h1-4,10H,5-7,14H2/t10-/m1/s1. The maximum Gasteiger partial charge on any atom is 0.289 e. The van der Waals surface area contributed by atoms with Crippen molar-refractivity contribution in [2.24, 2.45) is 5.73 Å². The number of halogens is 1. The van der Waals surface area contributed by atoms with E-state index in [0.29, 0.717) is 24.5 Å². The molecule has 1 fully saturated rings. The smallest absolute Gasteiger partial charge is 0.289 e. The molecule has 0 spiro atoms. The zero-order chi connectivity index (χ0) is 13.1. The highest BCUT2D eigenvalue weighted by Gasteiger charge is 2.38. The Hall–Kier alpha value is -1.04. The van der Waals surface area contributed by atoms with Gasteiger partial charge in [0.1, 0.15) is 0 Å². The van der Waals surface area contributed by atoms with Crippen molar-refractivity contribution in [3.8, 4) is 0 Å². The number of carbonyl (C=O) groups is 2. The fraction of sp³-hybridized carbons (Fsp3) is 0.333. The van der Waals surface area contributed by atoms with Crippen molar-refractivity contribution < 1.29 is 9.59 Å². The summed E-state index contributed by atoms with van der Waals surface area (Å²) in [6, 6.07) is 7.29. The summed E-state index contributed by atoms with van der Waals surface area (Å²) in [5.41, 5.74) is 6.37. The van der Waals surface area contributed by atoms with E-state index in [4.69, 9.17) is 17.3 Å². The molecule has 0 aliphatic carbocycles. The Morgan fingerprint density at radius 3 is 2.56 bits per heavy atom. The predicted octanol–water partition coefficient (Wildman–Crippen LogP) is 1.91. The maximum atomic E-state index is 12.0. The molecule has 2 N–H and O–H groups in total. The number of hydrogen-bond donors (Lipinski definition) is 1. The molecule has 1 aliphatic rings. The van der Waals surface area contributed by atoms with E-state index in [1.54, 1.807) is 12.1 Å². The SMILES string of the molecule is NCCN1C(=O)S[C@H](Cc2ccc(Cl)cc2)C1=O. The second-order valence-corrected chi connectivity index (χ2v) is 5.57. The van der Waals surface area contributed by atoms with Gasteiger partial charge in [0.2, 0.25) is 5.91 Å². The first kappa shape index (κ1) is 13.4. The Kier molecular flexibility index (Phi) is 4.27. The molecule has 0 saturated carbocycles. The average Bonchev–Trinajstić information content (AvgIpc) is 2.60. The van der Waals surface area contributed by atoms with Crippen LogP contribution in [0.5, 0.6) is 0 Å². The molecule has 0 aromatic heterocycles. The van der Waals surface area contributed by atoms with E-state index in [-0.39, 0.29) is 16.4 Å². The number of imide groups is 1. The van der Waals surface area contributed by atoms with Gasteiger partial charge >= 0.3 is 0 Å². The molecule has 2 amide bonds. The van der Waals surface area contributed by atoms with Crippen molar-refractivity contribution in [3.05, 3.63) is 34.9 Å². The largest absolute Gasteiger partial charge is 0.329 e. The molecule has 1 heterocycles. The number of thioether (sulfide) groups is 1. The quantitative estimate of drug-likeness (QED) is 0.917. The topological polar surface area (TPSA) is 63.4 Å². The minimum Gasteiger partial charge on any atom is -0.329 e. The Labute approximate surface area is 114 Å². The Morgan fingerprint density at radius 2 is 1.94 bits per heavy atom. The van der Waals surface area contributed by atoms with Crippen LogP contribution in [0.1, 0.15) is 5.56 Å². The maximum absolute atomic E-state index is 12.0. The van der Waals surface area contributed by atoms with Crippen LogP contribution >= 0.6 is 23.4 Å². The number of nitrogens with zero attached hydrogens (tertiary/aromatic N) is 1. The molecule has 4 nitrogen and oxygen atoms in total. The molecule has 1 aromatic carbocycles. The normalized spacial score (nSPS) is 19.7. The third-order valence-electron chi connectivity index (χ3n) is 2.69. The lowest BCUT2D eigenvalue weighted by atomic mass is 10.1. The van der Waals surface area contributed by atoms with Gasteiger partial charge in [0.25, 0.3) is 5.24 Å². The molecule has 1 aliphatic heterocycles. The van der Waals surface area contributed by atoms with Crippen LogP contribution in [0, 0.1) is 0 Å². The van der Waals surface area contributed by atoms with E-state index in [0.717, 1.165) is 17.3 Å². The summed E-state index contributed by atoms with van der Waals surface area (Å²) in [6.45, 7) is 0.591. The highest BCUT2D eigenvalue weighted by molar-refractivity contribution is 8.15.